The number of carboxylic acids is 2. The number of nitrogens with two attached hydrogens (primary N) is 1. The number of nitrogens with one attached hydrogen (secondary N) is 2. The number of ketones is 1. The maximum atomic E-state index is 13.6. The number of likely N-dealkylation sites (tertiary alicyclic amines) is 1. The van der Waals surface area contributed by atoms with Crippen LogP contribution in [0.15, 0.2) is 12.1 Å². The molecule has 13 nitrogen and oxygen atoms in total. The molecule has 14 heteroatoms. The number of likely N-dealkylation sites (N-methyl/N-ethyl adjacent to an activating group) is 1. The van der Waals surface area contributed by atoms with Crippen LogP contribution >= 0.6 is 11.8 Å². The molecule has 2 bridgehead atoms. The minimum atomic E-state index is -1.25. The lowest BCUT2D eigenvalue weighted by molar-refractivity contribution is -0.139. The molecule has 41 heavy (non-hydrogen) atoms. The normalized spacial score (nSPS) is 29.1. The van der Waals surface area contributed by atoms with Crippen molar-refractivity contribution in [2.24, 2.45) is 11.7 Å². The van der Waals surface area contributed by atoms with E-state index in [2.05, 4.69) is 22.6 Å². The molecule has 5 rings (SSSR count). The van der Waals surface area contributed by atoms with E-state index in [9.17, 15) is 29.1 Å². The van der Waals surface area contributed by atoms with E-state index in [1.165, 1.54) is 11.8 Å². The van der Waals surface area contributed by atoms with Crippen LogP contribution < -0.4 is 21.1 Å². The van der Waals surface area contributed by atoms with Gasteiger partial charge in [0, 0.05) is 41.4 Å². The Morgan fingerprint density at radius 1 is 1.24 bits per heavy atom. The second-order valence-corrected chi connectivity index (χ2v) is 12.5. The first kappa shape index (κ1) is 29.1. The number of carbonyl (C=O) groups is 5. The fourth-order valence-corrected chi connectivity index (χ4v) is 8.66. The number of nitrogens with zero attached hydrogens (tertiary/aromatic N) is 1. The van der Waals surface area contributed by atoms with E-state index in [1.54, 1.807) is 6.07 Å². The number of ether oxygens (including phenoxy) is 1. The van der Waals surface area contributed by atoms with Gasteiger partial charge in [-0.1, -0.05) is 6.07 Å². The Morgan fingerprint density at radius 2 is 2.00 bits per heavy atom. The predicted octanol–water partition coefficient (Wildman–Crippen LogP) is -0.780. The Bertz CT molecular complexity index is 1290. The fraction of sp³-hybridized carbons (Fsp3) is 0.593. The molecule has 0 radical (unpaired) electrons. The van der Waals surface area contributed by atoms with Gasteiger partial charge in [-0.3, -0.25) is 24.0 Å². The molecule has 0 aromatic heterocycles. The number of benzene rings is 1. The molecule has 222 valence electrons. The Morgan fingerprint density at radius 3 is 2.71 bits per heavy atom. The molecule has 1 saturated heterocycles. The van der Waals surface area contributed by atoms with Gasteiger partial charge in [-0.05, 0) is 44.5 Å². The number of thioether (sulfide) groups is 1. The molecule has 2 fully saturated rings. The lowest BCUT2D eigenvalue weighted by Gasteiger charge is -2.59. The molecule has 2 aliphatic heterocycles. The topological polar surface area (TPSA) is 209 Å². The number of hydrogen-bond acceptors (Lipinski definition) is 10. The Labute approximate surface area is 240 Å². The number of phenolic OH excluding ortho intramolecular Hbond substituents is 1. The van der Waals surface area contributed by atoms with Gasteiger partial charge in [0.25, 0.3) is 0 Å². The number of aliphatic carboxylic acids is 2. The minimum Gasteiger partial charge on any atom is -0.504 e. The standard InChI is InChI=1S/C27H34N4O9S/c1-31-7-6-27-21-12-2-4-16(32)23(21)40-24(27)17(33)9-18(22(27)15(31)8-12)41-11-14(25(37)29-10-20(35)36)30-19(34)5-3-13(28)26(38)39/h2,4,13-15,18,22,24,32H,3,5-11,28H2,1H3,(H,29,37)(H,30,34)(H,35,36)(H,38,39)/t13-,14-,15+,18+,22+,24-,27+/m0/s1. The number of carboxylic acid groups (broad SMARTS) is 2. The van der Waals surface area contributed by atoms with Gasteiger partial charge in [-0.2, -0.15) is 11.8 Å². The zero-order chi connectivity index (χ0) is 29.6. The zero-order valence-corrected chi connectivity index (χ0v) is 23.3. The third-order valence-electron chi connectivity index (χ3n) is 8.91. The molecule has 1 saturated carbocycles. The molecule has 7 atom stereocenters. The highest BCUT2D eigenvalue weighted by Crippen LogP contribution is 2.64. The second-order valence-electron chi connectivity index (χ2n) is 11.3. The summed E-state index contributed by atoms with van der Waals surface area (Å²) in [5.41, 5.74) is 6.85. The molecule has 1 aromatic carbocycles. The number of rotatable bonds is 11. The summed E-state index contributed by atoms with van der Waals surface area (Å²) in [5.74, 6) is -3.43. The number of amides is 2. The summed E-state index contributed by atoms with van der Waals surface area (Å²) in [7, 11) is 2.05. The first-order valence-corrected chi connectivity index (χ1v) is 14.6. The van der Waals surface area contributed by atoms with Crippen molar-refractivity contribution < 1.29 is 44.0 Å². The van der Waals surface area contributed by atoms with E-state index >= 15 is 0 Å². The van der Waals surface area contributed by atoms with Crippen molar-refractivity contribution in [1.82, 2.24) is 15.5 Å². The van der Waals surface area contributed by atoms with Gasteiger partial charge in [0.15, 0.2) is 23.4 Å². The summed E-state index contributed by atoms with van der Waals surface area (Å²) in [4.78, 5) is 63.4. The Hall–Kier alpha value is -3.36. The van der Waals surface area contributed by atoms with Crippen molar-refractivity contribution >= 4 is 41.3 Å². The number of aromatic hydroxyl groups is 1. The first-order chi connectivity index (χ1) is 19.4. The van der Waals surface area contributed by atoms with Gasteiger partial charge < -0.3 is 41.3 Å². The van der Waals surface area contributed by atoms with Crippen LogP contribution in [-0.4, -0.2) is 105 Å². The molecular formula is C27H34N4O9S. The van der Waals surface area contributed by atoms with E-state index < -0.39 is 53.9 Å². The average molecular weight is 591 g/mol. The third-order valence-corrected chi connectivity index (χ3v) is 10.3. The van der Waals surface area contributed by atoms with Gasteiger partial charge in [0.05, 0.1) is 5.41 Å². The average Bonchev–Trinajstić information content (AvgIpc) is 3.28. The van der Waals surface area contributed by atoms with Crippen molar-refractivity contribution in [3.05, 3.63) is 23.3 Å². The van der Waals surface area contributed by atoms with Crippen molar-refractivity contribution in [3.8, 4) is 11.5 Å². The van der Waals surface area contributed by atoms with E-state index in [-0.39, 0.29) is 53.8 Å². The number of hydrogen-bond donors (Lipinski definition) is 6. The smallest absolute Gasteiger partial charge is 0.322 e. The van der Waals surface area contributed by atoms with Crippen LogP contribution in [0.5, 0.6) is 11.5 Å². The molecule has 1 spiro atoms. The first-order valence-electron chi connectivity index (χ1n) is 13.6. The van der Waals surface area contributed by atoms with Gasteiger partial charge in [-0.15, -0.1) is 0 Å². The van der Waals surface area contributed by atoms with E-state index in [4.69, 9.17) is 20.7 Å². The monoisotopic (exact) mass is 590 g/mol. The van der Waals surface area contributed by atoms with Gasteiger partial charge >= 0.3 is 11.9 Å². The second kappa shape index (κ2) is 11.1. The molecule has 2 aliphatic carbocycles. The molecule has 2 amide bonds. The molecule has 2 heterocycles. The van der Waals surface area contributed by atoms with E-state index in [0.717, 1.165) is 24.1 Å². The lowest BCUT2D eigenvalue weighted by atomic mass is 9.51. The zero-order valence-electron chi connectivity index (χ0n) is 22.5. The summed E-state index contributed by atoms with van der Waals surface area (Å²) >= 11 is 1.38. The van der Waals surface area contributed by atoms with E-state index in [1.807, 2.05) is 6.07 Å². The van der Waals surface area contributed by atoms with Crippen LogP contribution in [0.3, 0.4) is 0 Å². The molecule has 7 N–H and O–H groups in total. The quantitative estimate of drug-likeness (QED) is 0.188. The number of carbonyl (C=O) groups excluding carboxylic acids is 3. The fourth-order valence-electron chi connectivity index (χ4n) is 7.08. The molecular weight excluding hydrogens is 556 g/mol. The summed E-state index contributed by atoms with van der Waals surface area (Å²) in [6, 6.07) is 1.25. The maximum absolute atomic E-state index is 13.6. The number of Topliss-reactive ketones (excluding diaryl/α,β-unsaturated/α-hetero) is 1. The van der Waals surface area contributed by atoms with Crippen LogP contribution in [-0.2, 0) is 35.8 Å². The van der Waals surface area contributed by atoms with Crippen LogP contribution in [0.2, 0.25) is 0 Å². The minimum absolute atomic E-state index is 0.0150. The SMILES string of the molecule is CN1CC[C@]23c4c5ccc(O)c4O[C@H]2C(=O)C[C@@H](SC[C@H](NC(=O)CC[C@H](N)C(=O)O)C(=O)NCC(=O)O)[C@H]3[C@H]1C5. The molecule has 4 aliphatic rings. The third kappa shape index (κ3) is 5.12. The van der Waals surface area contributed by atoms with Crippen LogP contribution in [0.25, 0.3) is 0 Å². The van der Waals surface area contributed by atoms with Crippen LogP contribution in [0.4, 0.5) is 0 Å². The summed E-state index contributed by atoms with van der Waals surface area (Å²) in [5, 5.41) is 33.3. The summed E-state index contributed by atoms with van der Waals surface area (Å²) in [6.45, 7) is 0.122. The Kier molecular flexibility index (Phi) is 7.92. The molecule has 1 aromatic rings. The highest BCUT2D eigenvalue weighted by Gasteiger charge is 2.68. The van der Waals surface area contributed by atoms with Crippen molar-refractivity contribution in [3.63, 3.8) is 0 Å². The van der Waals surface area contributed by atoms with Crippen LogP contribution in [0, 0.1) is 5.92 Å². The number of phenols is 1. The van der Waals surface area contributed by atoms with Crippen molar-refractivity contribution in [2.45, 2.75) is 67.0 Å². The summed E-state index contributed by atoms with van der Waals surface area (Å²) in [6.07, 6.45) is 0.505. The van der Waals surface area contributed by atoms with E-state index in [0.29, 0.717) is 12.2 Å². The summed E-state index contributed by atoms with van der Waals surface area (Å²) < 4.78 is 6.18. The molecule has 0 unspecified atom stereocenters. The maximum Gasteiger partial charge on any atom is 0.322 e. The lowest BCUT2D eigenvalue weighted by Crippen LogP contribution is -2.68. The van der Waals surface area contributed by atoms with Gasteiger partial charge in [0.2, 0.25) is 11.8 Å². The van der Waals surface area contributed by atoms with Gasteiger partial charge in [0.1, 0.15) is 18.6 Å². The highest BCUT2D eigenvalue weighted by molar-refractivity contribution is 8.00. The van der Waals surface area contributed by atoms with Gasteiger partial charge in [-0.25, -0.2) is 0 Å². The van der Waals surface area contributed by atoms with Crippen molar-refractivity contribution in [2.75, 3.05) is 25.9 Å². The highest BCUT2D eigenvalue weighted by atomic mass is 32.2. The van der Waals surface area contributed by atoms with Crippen molar-refractivity contribution in [1.29, 1.82) is 0 Å². The Balaban J connectivity index is 1.38. The predicted molar refractivity (Wildman–Crippen MR) is 146 cm³/mol. The largest absolute Gasteiger partial charge is 0.504 e. The number of piperidine rings is 1. The van der Waals surface area contributed by atoms with Crippen LogP contribution in [0.1, 0.15) is 36.8 Å².